The van der Waals surface area contributed by atoms with Crippen LogP contribution in [0, 0.1) is 13.8 Å². The molecule has 2 heterocycles. The highest BCUT2D eigenvalue weighted by molar-refractivity contribution is 5.94. The van der Waals surface area contributed by atoms with Gasteiger partial charge in [-0.05, 0) is 26.8 Å². The Balaban J connectivity index is 2.48. The summed E-state index contributed by atoms with van der Waals surface area (Å²) in [6.07, 6.45) is 3.20. The van der Waals surface area contributed by atoms with E-state index in [2.05, 4.69) is 19.9 Å². The maximum atomic E-state index is 11.3. The molecule has 0 fully saturated rings. The summed E-state index contributed by atoms with van der Waals surface area (Å²) in [6.45, 7) is 5.09. The molecule has 5 heteroatoms. The lowest BCUT2D eigenvalue weighted by Gasteiger charge is -2.04. The molecule has 0 saturated heterocycles. The third-order valence-corrected chi connectivity index (χ3v) is 2.36. The molecule has 5 nitrogen and oxygen atoms in total. The molecule has 0 atom stereocenters. The molecule has 0 unspecified atom stereocenters. The van der Waals surface area contributed by atoms with Crippen LogP contribution < -0.4 is 0 Å². The normalized spacial score (nSPS) is 10.3. The Bertz CT molecular complexity index is 580. The second kappa shape index (κ2) is 4.37. The molecule has 86 valence electrons. The third-order valence-electron chi connectivity index (χ3n) is 2.36. The third kappa shape index (κ3) is 2.33. The van der Waals surface area contributed by atoms with E-state index in [1.54, 1.807) is 26.1 Å². The average molecular weight is 228 g/mol. The lowest BCUT2D eigenvalue weighted by Crippen LogP contribution is -2.03. The Morgan fingerprint density at radius 2 is 1.94 bits per heavy atom. The van der Waals surface area contributed by atoms with Crippen LogP contribution in [-0.4, -0.2) is 25.7 Å². The fourth-order valence-electron chi connectivity index (χ4n) is 1.52. The van der Waals surface area contributed by atoms with Gasteiger partial charge in [-0.3, -0.25) is 4.79 Å². The predicted molar refractivity (Wildman–Crippen MR) is 62.5 cm³/mol. The summed E-state index contributed by atoms with van der Waals surface area (Å²) in [5.41, 5.74) is 1.87. The minimum atomic E-state index is -0.0343. The second-order valence-corrected chi connectivity index (χ2v) is 3.74. The van der Waals surface area contributed by atoms with Gasteiger partial charge in [0, 0.05) is 12.4 Å². The largest absolute Gasteiger partial charge is 0.294 e. The van der Waals surface area contributed by atoms with Crippen molar-refractivity contribution in [1.29, 1.82) is 0 Å². The van der Waals surface area contributed by atoms with Gasteiger partial charge in [-0.2, -0.15) is 0 Å². The number of hydrogen-bond donors (Lipinski definition) is 0. The van der Waals surface area contributed by atoms with E-state index in [0.29, 0.717) is 28.6 Å². The fourth-order valence-corrected chi connectivity index (χ4v) is 1.52. The van der Waals surface area contributed by atoms with Crippen LogP contribution in [0.2, 0.25) is 0 Å². The smallest absolute Gasteiger partial charge is 0.178 e. The van der Waals surface area contributed by atoms with Gasteiger partial charge in [-0.15, -0.1) is 0 Å². The Labute approximate surface area is 99.0 Å². The SMILES string of the molecule is CC(=O)c1cnc(-c2ccnc(C)n2)nc1C. The van der Waals surface area contributed by atoms with Crippen molar-refractivity contribution in [2.75, 3.05) is 0 Å². The summed E-state index contributed by atoms with van der Waals surface area (Å²) < 4.78 is 0. The molecule has 2 aromatic rings. The molecule has 0 aliphatic heterocycles. The first-order valence-electron chi connectivity index (χ1n) is 5.22. The molecule has 2 aromatic heterocycles. The standard InChI is InChI=1S/C12H12N4O/c1-7-10(8(2)17)6-14-12(15-7)11-4-5-13-9(3)16-11/h4-6H,1-3H3. The van der Waals surface area contributed by atoms with Crippen molar-refractivity contribution in [3.8, 4) is 11.5 Å². The maximum Gasteiger partial charge on any atom is 0.178 e. The summed E-state index contributed by atoms with van der Waals surface area (Å²) in [4.78, 5) is 27.9. The summed E-state index contributed by atoms with van der Waals surface area (Å²) >= 11 is 0. The van der Waals surface area contributed by atoms with Crippen molar-refractivity contribution >= 4 is 5.78 Å². The van der Waals surface area contributed by atoms with Gasteiger partial charge in [0.05, 0.1) is 11.3 Å². The first-order valence-corrected chi connectivity index (χ1v) is 5.22. The predicted octanol–water partition coefficient (Wildman–Crippen LogP) is 1.75. The molecule has 0 radical (unpaired) electrons. The molecule has 0 N–H and O–H groups in total. The number of Topliss-reactive ketones (excluding diaryl/α,β-unsaturated/α-hetero) is 1. The molecular weight excluding hydrogens is 216 g/mol. The Morgan fingerprint density at radius 1 is 1.18 bits per heavy atom. The zero-order valence-electron chi connectivity index (χ0n) is 9.93. The number of rotatable bonds is 2. The summed E-state index contributed by atoms with van der Waals surface area (Å²) in [5, 5.41) is 0. The van der Waals surface area contributed by atoms with E-state index in [1.807, 2.05) is 0 Å². The number of aromatic nitrogens is 4. The van der Waals surface area contributed by atoms with Crippen molar-refractivity contribution in [2.45, 2.75) is 20.8 Å². The molecule has 0 aliphatic rings. The Kier molecular flexibility index (Phi) is 2.91. The van der Waals surface area contributed by atoms with Crippen LogP contribution in [0.4, 0.5) is 0 Å². The van der Waals surface area contributed by atoms with Crippen molar-refractivity contribution in [1.82, 2.24) is 19.9 Å². The van der Waals surface area contributed by atoms with Gasteiger partial charge in [0.2, 0.25) is 0 Å². The average Bonchev–Trinajstić information content (AvgIpc) is 2.28. The zero-order chi connectivity index (χ0) is 12.4. The minimum Gasteiger partial charge on any atom is -0.294 e. The van der Waals surface area contributed by atoms with Crippen LogP contribution in [0.1, 0.15) is 28.8 Å². The van der Waals surface area contributed by atoms with Gasteiger partial charge < -0.3 is 0 Å². The molecular formula is C12H12N4O. The lowest BCUT2D eigenvalue weighted by molar-refractivity contribution is 0.101. The van der Waals surface area contributed by atoms with E-state index >= 15 is 0 Å². The number of ketones is 1. The molecule has 0 saturated carbocycles. The molecule has 0 aliphatic carbocycles. The molecule has 0 bridgehead atoms. The van der Waals surface area contributed by atoms with E-state index in [-0.39, 0.29) is 5.78 Å². The highest BCUT2D eigenvalue weighted by Gasteiger charge is 2.09. The van der Waals surface area contributed by atoms with Crippen LogP contribution in [0.15, 0.2) is 18.5 Å². The van der Waals surface area contributed by atoms with E-state index in [1.165, 1.54) is 13.1 Å². The molecule has 0 spiro atoms. The zero-order valence-corrected chi connectivity index (χ0v) is 9.93. The molecule has 17 heavy (non-hydrogen) atoms. The van der Waals surface area contributed by atoms with Crippen LogP contribution in [0.25, 0.3) is 11.5 Å². The van der Waals surface area contributed by atoms with Gasteiger partial charge in [-0.1, -0.05) is 0 Å². The number of aryl methyl sites for hydroxylation is 2. The molecule has 0 aromatic carbocycles. The lowest BCUT2D eigenvalue weighted by atomic mass is 10.2. The second-order valence-electron chi connectivity index (χ2n) is 3.74. The highest BCUT2D eigenvalue weighted by Crippen LogP contribution is 2.13. The monoisotopic (exact) mass is 228 g/mol. The van der Waals surface area contributed by atoms with Crippen molar-refractivity contribution in [3.05, 3.63) is 35.5 Å². The van der Waals surface area contributed by atoms with Crippen molar-refractivity contribution < 1.29 is 4.79 Å². The van der Waals surface area contributed by atoms with Crippen molar-refractivity contribution in [3.63, 3.8) is 0 Å². The Morgan fingerprint density at radius 3 is 2.53 bits per heavy atom. The van der Waals surface area contributed by atoms with Crippen LogP contribution in [0.3, 0.4) is 0 Å². The van der Waals surface area contributed by atoms with Gasteiger partial charge in [0.1, 0.15) is 11.5 Å². The van der Waals surface area contributed by atoms with Crippen LogP contribution in [0.5, 0.6) is 0 Å². The van der Waals surface area contributed by atoms with Gasteiger partial charge in [-0.25, -0.2) is 19.9 Å². The van der Waals surface area contributed by atoms with E-state index < -0.39 is 0 Å². The number of nitrogens with zero attached hydrogens (tertiary/aromatic N) is 4. The number of carbonyl (C=O) groups is 1. The number of carbonyl (C=O) groups excluding carboxylic acids is 1. The van der Waals surface area contributed by atoms with Crippen LogP contribution >= 0.6 is 0 Å². The first kappa shape index (κ1) is 11.3. The topological polar surface area (TPSA) is 68.6 Å². The van der Waals surface area contributed by atoms with Gasteiger partial charge >= 0.3 is 0 Å². The first-order chi connectivity index (χ1) is 8.08. The van der Waals surface area contributed by atoms with Gasteiger partial charge in [0.25, 0.3) is 0 Å². The highest BCUT2D eigenvalue weighted by atomic mass is 16.1. The van der Waals surface area contributed by atoms with E-state index in [9.17, 15) is 4.79 Å². The Hall–Kier alpha value is -2.17. The molecule has 2 rings (SSSR count). The van der Waals surface area contributed by atoms with Gasteiger partial charge in [0.15, 0.2) is 11.6 Å². The van der Waals surface area contributed by atoms with E-state index in [0.717, 1.165) is 0 Å². The quantitative estimate of drug-likeness (QED) is 0.732. The minimum absolute atomic E-state index is 0.0343. The fraction of sp³-hybridized carbons (Fsp3) is 0.250. The summed E-state index contributed by atoms with van der Waals surface area (Å²) in [5.74, 6) is 1.14. The van der Waals surface area contributed by atoms with E-state index in [4.69, 9.17) is 0 Å². The maximum absolute atomic E-state index is 11.3. The molecule has 0 amide bonds. The number of hydrogen-bond acceptors (Lipinski definition) is 5. The summed E-state index contributed by atoms with van der Waals surface area (Å²) in [6, 6.07) is 1.75. The van der Waals surface area contributed by atoms with Crippen molar-refractivity contribution in [2.24, 2.45) is 0 Å². The summed E-state index contributed by atoms with van der Waals surface area (Å²) in [7, 11) is 0. The van der Waals surface area contributed by atoms with Crippen LogP contribution in [-0.2, 0) is 0 Å².